The molecule has 1 heterocycles. The number of carbonyl (C=O) groups is 3. The molecule has 0 saturated carbocycles. The molecule has 0 spiro atoms. The van der Waals surface area contributed by atoms with Gasteiger partial charge in [-0.25, -0.2) is 4.79 Å². The predicted octanol–water partition coefficient (Wildman–Crippen LogP) is 2.78. The third-order valence-electron chi connectivity index (χ3n) is 4.91. The number of anilines is 2. The summed E-state index contributed by atoms with van der Waals surface area (Å²) in [5, 5.41) is 6.16. The van der Waals surface area contributed by atoms with E-state index in [1.54, 1.807) is 11.0 Å². The van der Waals surface area contributed by atoms with Crippen molar-refractivity contribution in [2.75, 3.05) is 42.9 Å². The number of hydrogen-bond donors (Lipinski definition) is 2. The first kappa shape index (κ1) is 23.8. The number of hydrogen-bond acceptors (Lipinski definition) is 4. The highest BCUT2D eigenvalue weighted by Gasteiger charge is 2.22. The largest absolute Gasteiger partial charge is 0.368 e. The maximum atomic E-state index is 12.4. The number of piperazine rings is 1. The first-order valence-corrected chi connectivity index (χ1v) is 10.6. The van der Waals surface area contributed by atoms with Gasteiger partial charge in [0.05, 0.1) is 10.7 Å². The summed E-state index contributed by atoms with van der Waals surface area (Å²) in [6.07, 6.45) is 0. The van der Waals surface area contributed by atoms with Crippen LogP contribution in [0.5, 0.6) is 0 Å². The summed E-state index contributed by atoms with van der Waals surface area (Å²) in [5.74, 6) is -0.451. The van der Waals surface area contributed by atoms with Gasteiger partial charge in [0.1, 0.15) is 6.54 Å². The summed E-state index contributed by atoms with van der Waals surface area (Å²) < 4.78 is 0. The molecule has 30 heavy (non-hydrogen) atoms. The van der Waals surface area contributed by atoms with E-state index in [-0.39, 0.29) is 36.5 Å². The van der Waals surface area contributed by atoms with Crippen molar-refractivity contribution in [3.8, 4) is 0 Å². The third-order valence-corrected chi connectivity index (χ3v) is 5.24. The smallest absolute Gasteiger partial charge is 0.317 e. The monoisotopic (exact) mass is 437 g/mol. The Morgan fingerprint density at radius 1 is 1.10 bits per heavy atom. The fraction of sp³-hybridized carbons (Fsp3) is 0.571. The number of nitrogens with one attached hydrogen (secondary N) is 2. The quantitative estimate of drug-likeness (QED) is 0.716. The van der Waals surface area contributed by atoms with Gasteiger partial charge in [-0.1, -0.05) is 11.6 Å². The van der Waals surface area contributed by atoms with Crippen molar-refractivity contribution in [1.29, 1.82) is 0 Å². The third kappa shape index (κ3) is 6.52. The number of carbonyl (C=O) groups excluding carboxylic acids is 3. The molecule has 1 aliphatic rings. The number of halogens is 1. The van der Waals surface area contributed by atoms with Crippen LogP contribution in [0.15, 0.2) is 18.2 Å². The van der Waals surface area contributed by atoms with Crippen LogP contribution in [0.25, 0.3) is 0 Å². The van der Waals surface area contributed by atoms with Crippen LogP contribution in [-0.4, -0.2) is 72.5 Å². The predicted molar refractivity (Wildman–Crippen MR) is 120 cm³/mol. The van der Waals surface area contributed by atoms with Gasteiger partial charge < -0.3 is 25.3 Å². The van der Waals surface area contributed by atoms with E-state index in [2.05, 4.69) is 15.5 Å². The van der Waals surface area contributed by atoms with Crippen LogP contribution in [0.2, 0.25) is 5.02 Å². The molecule has 1 fully saturated rings. The van der Waals surface area contributed by atoms with Crippen molar-refractivity contribution in [3.63, 3.8) is 0 Å². The molecule has 8 nitrogen and oxygen atoms in total. The first-order chi connectivity index (χ1) is 14.1. The van der Waals surface area contributed by atoms with E-state index in [0.29, 0.717) is 36.9 Å². The summed E-state index contributed by atoms with van der Waals surface area (Å²) in [4.78, 5) is 41.8. The van der Waals surface area contributed by atoms with Crippen LogP contribution in [0.3, 0.4) is 0 Å². The molecule has 166 valence electrons. The summed E-state index contributed by atoms with van der Waals surface area (Å²) in [7, 11) is 0. The van der Waals surface area contributed by atoms with Gasteiger partial charge in [0, 0.05) is 50.9 Å². The highest BCUT2D eigenvalue weighted by Crippen LogP contribution is 2.28. The van der Waals surface area contributed by atoms with Crippen LogP contribution >= 0.6 is 11.6 Å². The summed E-state index contributed by atoms with van der Waals surface area (Å²) in [6.45, 7) is 11.6. The van der Waals surface area contributed by atoms with Crippen molar-refractivity contribution in [1.82, 2.24) is 15.1 Å². The summed E-state index contributed by atoms with van der Waals surface area (Å²) >= 11 is 6.28. The fourth-order valence-corrected chi connectivity index (χ4v) is 3.48. The molecule has 0 bridgehead atoms. The lowest BCUT2D eigenvalue weighted by atomic mass is 10.2. The standard InChI is InChI=1S/C21H32ClN5O3/c1-14(2)23-21(30)26-10-8-25(9-11-26)17-6-7-18(22)19(12-17)24-20(29)13-27(15(3)4)16(5)28/h6-7,12,14-15H,8-11,13H2,1-5H3,(H,23,30)(H,24,29). The topological polar surface area (TPSA) is 85.0 Å². The van der Waals surface area contributed by atoms with Gasteiger partial charge in [0.25, 0.3) is 0 Å². The normalized spacial score (nSPS) is 14.1. The van der Waals surface area contributed by atoms with E-state index in [1.807, 2.05) is 39.8 Å². The average Bonchev–Trinajstić information content (AvgIpc) is 2.67. The zero-order chi connectivity index (χ0) is 22.4. The molecule has 0 radical (unpaired) electrons. The zero-order valence-corrected chi connectivity index (χ0v) is 19.1. The van der Waals surface area contributed by atoms with Crippen LogP contribution < -0.4 is 15.5 Å². The van der Waals surface area contributed by atoms with Crippen molar-refractivity contribution in [2.24, 2.45) is 0 Å². The van der Waals surface area contributed by atoms with E-state index in [0.717, 1.165) is 5.69 Å². The lowest BCUT2D eigenvalue weighted by molar-refractivity contribution is -0.134. The van der Waals surface area contributed by atoms with Gasteiger partial charge in [0.15, 0.2) is 0 Å². The van der Waals surface area contributed by atoms with E-state index in [4.69, 9.17) is 11.6 Å². The van der Waals surface area contributed by atoms with Crippen molar-refractivity contribution in [2.45, 2.75) is 46.7 Å². The summed E-state index contributed by atoms with van der Waals surface area (Å²) in [5.41, 5.74) is 1.43. The van der Waals surface area contributed by atoms with E-state index >= 15 is 0 Å². The molecule has 1 aromatic rings. The molecule has 2 rings (SSSR count). The lowest BCUT2D eigenvalue weighted by Gasteiger charge is -2.36. The molecular formula is C21H32ClN5O3. The van der Waals surface area contributed by atoms with Crippen molar-refractivity contribution >= 4 is 40.8 Å². The average molecular weight is 438 g/mol. The minimum atomic E-state index is -0.298. The first-order valence-electron chi connectivity index (χ1n) is 10.3. The Morgan fingerprint density at radius 3 is 2.27 bits per heavy atom. The number of benzene rings is 1. The van der Waals surface area contributed by atoms with Crippen molar-refractivity contribution < 1.29 is 14.4 Å². The molecule has 1 aromatic carbocycles. The Kier molecular flexibility index (Phi) is 8.34. The lowest BCUT2D eigenvalue weighted by Crippen LogP contribution is -2.52. The van der Waals surface area contributed by atoms with Crippen LogP contribution in [0.1, 0.15) is 34.6 Å². The maximum absolute atomic E-state index is 12.4. The molecule has 0 atom stereocenters. The SMILES string of the molecule is CC(=O)N(CC(=O)Nc1cc(N2CCN(C(=O)NC(C)C)CC2)ccc1Cl)C(C)C. The second kappa shape index (κ2) is 10.5. The molecule has 1 aliphatic heterocycles. The highest BCUT2D eigenvalue weighted by molar-refractivity contribution is 6.33. The minimum absolute atomic E-state index is 0.0306. The van der Waals surface area contributed by atoms with Gasteiger partial charge in [-0.15, -0.1) is 0 Å². The summed E-state index contributed by atoms with van der Waals surface area (Å²) in [6, 6.07) is 5.46. The van der Waals surface area contributed by atoms with Crippen LogP contribution in [0, 0.1) is 0 Å². The van der Waals surface area contributed by atoms with Gasteiger partial charge >= 0.3 is 6.03 Å². The fourth-order valence-electron chi connectivity index (χ4n) is 3.31. The van der Waals surface area contributed by atoms with Crippen molar-refractivity contribution in [3.05, 3.63) is 23.2 Å². The molecule has 0 aliphatic carbocycles. The molecule has 1 saturated heterocycles. The number of rotatable bonds is 6. The Bertz CT molecular complexity index is 776. The van der Waals surface area contributed by atoms with Gasteiger partial charge in [-0.2, -0.15) is 0 Å². The molecular weight excluding hydrogens is 406 g/mol. The zero-order valence-electron chi connectivity index (χ0n) is 18.4. The van der Waals surface area contributed by atoms with E-state index in [1.165, 1.54) is 11.8 Å². The molecule has 0 aromatic heterocycles. The number of amides is 4. The Morgan fingerprint density at radius 2 is 1.73 bits per heavy atom. The Hall–Kier alpha value is -2.48. The molecule has 2 N–H and O–H groups in total. The van der Waals surface area contributed by atoms with E-state index in [9.17, 15) is 14.4 Å². The number of nitrogens with zero attached hydrogens (tertiary/aromatic N) is 3. The maximum Gasteiger partial charge on any atom is 0.317 e. The Balaban J connectivity index is 2.01. The van der Waals surface area contributed by atoms with Gasteiger partial charge in [-0.05, 0) is 45.9 Å². The molecule has 9 heteroatoms. The second-order valence-corrected chi connectivity index (χ2v) is 8.44. The number of urea groups is 1. The van der Waals surface area contributed by atoms with E-state index < -0.39 is 0 Å². The van der Waals surface area contributed by atoms with Crippen LogP contribution in [0.4, 0.5) is 16.2 Å². The molecule has 4 amide bonds. The molecule has 0 unspecified atom stereocenters. The van der Waals surface area contributed by atoms with Gasteiger partial charge in [0.2, 0.25) is 11.8 Å². The highest BCUT2D eigenvalue weighted by atomic mass is 35.5. The second-order valence-electron chi connectivity index (χ2n) is 8.03. The Labute approximate surface area is 183 Å². The van der Waals surface area contributed by atoms with Crippen LogP contribution in [-0.2, 0) is 9.59 Å². The minimum Gasteiger partial charge on any atom is -0.368 e. The van der Waals surface area contributed by atoms with Gasteiger partial charge in [-0.3, -0.25) is 9.59 Å².